The van der Waals surface area contributed by atoms with E-state index in [1.54, 1.807) is 7.05 Å². The number of nitrogen functional groups attached to an aromatic ring is 1. The van der Waals surface area contributed by atoms with Crippen molar-refractivity contribution in [3.05, 3.63) is 16.7 Å². The Morgan fingerprint density at radius 1 is 1.53 bits per heavy atom. The van der Waals surface area contributed by atoms with Crippen LogP contribution < -0.4 is 25.6 Å². The highest BCUT2D eigenvalue weighted by atomic mass is 32.5. The van der Waals surface area contributed by atoms with Gasteiger partial charge in [-0.3, -0.25) is 14.3 Å². The van der Waals surface area contributed by atoms with E-state index in [9.17, 15) is 19.7 Å². The molecule has 6 N–H and O–H groups in total. The van der Waals surface area contributed by atoms with Crippen LogP contribution in [0.1, 0.15) is 6.23 Å². The molecule has 0 spiro atoms. The van der Waals surface area contributed by atoms with Crippen LogP contribution in [0.3, 0.4) is 0 Å². The van der Waals surface area contributed by atoms with Gasteiger partial charge < -0.3 is 39.9 Å². The van der Waals surface area contributed by atoms with Crippen molar-refractivity contribution in [2.24, 2.45) is 7.05 Å². The third kappa shape index (κ3) is 4.85. The first-order valence-electron chi connectivity index (χ1n) is 8.17. The quantitative estimate of drug-likeness (QED) is 0.186. The second-order valence-electron chi connectivity index (χ2n) is 6.33. The zero-order valence-corrected chi connectivity index (χ0v) is 18.1. The van der Waals surface area contributed by atoms with Crippen LogP contribution in [0.4, 0.5) is 5.95 Å². The number of aliphatic hydroxyl groups excluding tert-OH is 1. The first-order chi connectivity index (χ1) is 13.8. The molecule has 1 saturated heterocycles. The lowest BCUT2D eigenvalue weighted by molar-refractivity contribution is -0.746. The molecule has 1 fully saturated rings. The van der Waals surface area contributed by atoms with Gasteiger partial charge in [0.05, 0.1) is 7.05 Å². The van der Waals surface area contributed by atoms with Crippen molar-refractivity contribution < 1.29 is 47.6 Å². The lowest BCUT2D eigenvalue weighted by Gasteiger charge is -2.32. The van der Waals surface area contributed by atoms with Crippen molar-refractivity contribution in [3.8, 4) is 0 Å². The minimum absolute atomic E-state index is 0.138. The van der Waals surface area contributed by atoms with Crippen molar-refractivity contribution in [2.75, 3.05) is 19.5 Å². The average Bonchev–Trinajstić information content (AvgIpc) is 3.07. The molecule has 1 aliphatic rings. The summed E-state index contributed by atoms with van der Waals surface area (Å²) < 4.78 is 22.3. The van der Waals surface area contributed by atoms with Gasteiger partial charge >= 0.3 is 12.4 Å². The fourth-order valence-electron chi connectivity index (χ4n) is 3.11. The molecule has 2 aromatic heterocycles. The molecule has 0 aromatic carbocycles. The predicted molar refractivity (Wildman–Crippen MR) is 99.3 cm³/mol. The Bertz CT molecular complexity index is 1040. The van der Waals surface area contributed by atoms with E-state index in [1.807, 2.05) is 0 Å². The van der Waals surface area contributed by atoms with Crippen LogP contribution >= 0.6 is 14.9 Å². The summed E-state index contributed by atoms with van der Waals surface area (Å²) in [5.74, 6) is -0.145. The Kier molecular flexibility index (Phi) is 6.61. The summed E-state index contributed by atoms with van der Waals surface area (Å²) in [7, 11) is -2.31. The Morgan fingerprint density at radius 3 is 2.80 bits per heavy atom. The number of nitrogens with one attached hydrogen (secondary N) is 1. The van der Waals surface area contributed by atoms with Crippen molar-refractivity contribution >= 4 is 43.8 Å². The van der Waals surface area contributed by atoms with Gasteiger partial charge in [-0.05, 0) is 11.8 Å². The number of hydrogen-bond acceptors (Lipinski definition) is 11. The average molecular weight is 487 g/mol. The van der Waals surface area contributed by atoms with Gasteiger partial charge in [0.1, 0.15) is 24.9 Å². The van der Waals surface area contributed by atoms with Crippen LogP contribution in [0.2, 0.25) is 0 Å². The summed E-state index contributed by atoms with van der Waals surface area (Å²) >= 11 is 4.09. The van der Waals surface area contributed by atoms with E-state index in [0.29, 0.717) is 0 Å². The fourth-order valence-corrected chi connectivity index (χ4v) is 5.40. The maximum absolute atomic E-state index is 12.2. The Hall–Kier alpha value is -1.13. The molecule has 2 aromatic rings. The smallest absolute Gasteiger partial charge is 0.360 e. The summed E-state index contributed by atoms with van der Waals surface area (Å²) in [5.41, 5.74) is 5.42. The molecular weight excluding hydrogens is 468 g/mol. The summed E-state index contributed by atoms with van der Waals surface area (Å²) in [6.07, 6.45) is -3.18. The predicted octanol–water partition coefficient (Wildman–Crippen LogP) is -3.95. The number of imidazole rings is 1. The largest absolute Gasteiger partial charge is 0.634 e. The number of aryl methyl sites for hydroxylation is 1. The number of rotatable bonds is 7. The van der Waals surface area contributed by atoms with Crippen molar-refractivity contribution in [1.29, 1.82) is 0 Å². The van der Waals surface area contributed by atoms with Gasteiger partial charge in [0, 0.05) is 7.11 Å². The number of nitrogens with two attached hydrogens (primary N) is 1. The monoisotopic (exact) mass is 487 g/mol. The highest BCUT2D eigenvalue weighted by Gasteiger charge is 2.49. The van der Waals surface area contributed by atoms with E-state index < -0.39 is 51.6 Å². The number of aromatic nitrogens is 4. The van der Waals surface area contributed by atoms with E-state index in [4.69, 9.17) is 25.0 Å². The van der Waals surface area contributed by atoms with Gasteiger partial charge in [0.15, 0.2) is 6.33 Å². The van der Waals surface area contributed by atoms with Crippen molar-refractivity contribution in [2.45, 2.75) is 24.5 Å². The number of fused-ring (bicyclic) bond motifs is 1. The van der Waals surface area contributed by atoms with E-state index >= 15 is 0 Å². The molecule has 0 amide bonds. The van der Waals surface area contributed by atoms with Crippen LogP contribution in [0.25, 0.3) is 11.2 Å². The van der Waals surface area contributed by atoms with Gasteiger partial charge in [-0.1, -0.05) is 4.98 Å². The molecular formula is C12H19N5O10P2S. The van der Waals surface area contributed by atoms with Crippen LogP contribution in [0.15, 0.2) is 11.1 Å². The molecule has 3 heterocycles. The molecule has 15 nitrogen and oxygen atoms in total. The molecule has 3 rings (SSSR count). The lowest BCUT2D eigenvalue weighted by atomic mass is 10.1. The van der Waals surface area contributed by atoms with Crippen LogP contribution in [0, 0.1) is 0 Å². The number of H-pyrrole nitrogens is 1. The van der Waals surface area contributed by atoms with Crippen LogP contribution in [0.5, 0.6) is 0 Å². The number of methoxy groups -OCH3 is 1. The van der Waals surface area contributed by atoms with Gasteiger partial charge in [0.25, 0.3) is 11.5 Å². The molecule has 18 heteroatoms. The van der Waals surface area contributed by atoms with Crippen LogP contribution in [-0.2, 0) is 37.2 Å². The SMILES string of the molecule is CO[C@@H]1[C@H](O)[C@@H](CO[P+]([O-])([O-])OP(O)(O)=S)O[C@H]1[n+]1cn(C)c2c(=O)[nH]c(N)nc21. The maximum atomic E-state index is 12.2. The van der Waals surface area contributed by atoms with Gasteiger partial charge in [-0.25, -0.2) is 9.09 Å². The summed E-state index contributed by atoms with van der Waals surface area (Å²) in [5, 5.41) is 10.5. The number of phosphoric acid groups is 1. The Labute approximate surface area is 174 Å². The number of aliphatic hydroxyl groups is 1. The fraction of sp³-hybridized carbons (Fsp3) is 0.583. The molecule has 4 atom stereocenters. The van der Waals surface area contributed by atoms with E-state index in [0.717, 1.165) is 0 Å². The molecule has 30 heavy (non-hydrogen) atoms. The Balaban J connectivity index is 1.87. The number of anilines is 1. The Morgan fingerprint density at radius 2 is 2.20 bits per heavy atom. The third-order valence-electron chi connectivity index (χ3n) is 4.25. The second-order valence-corrected chi connectivity index (χ2v) is 10.5. The van der Waals surface area contributed by atoms with E-state index in [1.165, 1.54) is 22.6 Å². The van der Waals surface area contributed by atoms with Gasteiger partial charge in [-0.15, -0.1) is 4.31 Å². The van der Waals surface area contributed by atoms with E-state index in [2.05, 4.69) is 30.6 Å². The molecule has 168 valence electrons. The normalized spacial score (nSPS) is 25.3. The molecule has 1 aliphatic heterocycles. The lowest BCUT2D eigenvalue weighted by Crippen LogP contribution is -2.47. The topological polar surface area (TPSA) is 224 Å². The number of aromatic amines is 1. The standard InChI is InChI=1S/C12H19N5O10P2S/c1-16-4-17(9-6(16)10(19)15-12(13)14-9)11-8(24-2)7(18)5(26-11)3-25-28(20,21)27-29(22,23)30/h4-5,7-8,11,18H,3H2,1-2H3,(H5-,13,14,15,19,20,21,22,23,30)/t5-,7-,8-,11-/m1/s1. The van der Waals surface area contributed by atoms with Gasteiger partial charge in [0.2, 0.25) is 19.9 Å². The van der Waals surface area contributed by atoms with Crippen LogP contribution in [-0.4, -0.2) is 61.5 Å². The highest BCUT2D eigenvalue weighted by molar-refractivity contribution is 8.08. The number of ether oxygens (including phenoxy) is 2. The van der Waals surface area contributed by atoms with Crippen molar-refractivity contribution in [3.63, 3.8) is 0 Å². The van der Waals surface area contributed by atoms with E-state index in [-0.39, 0.29) is 17.1 Å². The molecule has 0 radical (unpaired) electrons. The molecule has 0 unspecified atom stereocenters. The summed E-state index contributed by atoms with van der Waals surface area (Å²) in [6, 6.07) is 0. The number of hydrogen-bond donors (Lipinski definition) is 5. The van der Waals surface area contributed by atoms with Crippen molar-refractivity contribution in [1.82, 2.24) is 14.5 Å². The van der Waals surface area contributed by atoms with Gasteiger partial charge in [-0.2, -0.15) is 0 Å². The molecule has 0 saturated carbocycles. The number of phosphoric ester groups is 1. The molecule has 0 bridgehead atoms. The minimum atomic E-state index is -5.18. The number of nitrogens with zero attached hydrogens (tertiary/aromatic N) is 3. The zero-order valence-electron chi connectivity index (χ0n) is 15.5. The summed E-state index contributed by atoms with van der Waals surface area (Å²) in [6.45, 7) is -5.27. The highest BCUT2D eigenvalue weighted by Crippen LogP contribution is 2.57. The zero-order chi connectivity index (χ0) is 22.4. The molecule has 0 aliphatic carbocycles. The third-order valence-corrected chi connectivity index (χ3v) is 6.97. The first-order valence-corrected chi connectivity index (χ1v) is 12.3. The summed E-state index contributed by atoms with van der Waals surface area (Å²) in [4.78, 5) is 59.9. The maximum Gasteiger partial charge on any atom is 0.360 e. The first kappa shape index (κ1) is 23.5. The second kappa shape index (κ2) is 8.43. The minimum Gasteiger partial charge on any atom is -0.634 e.